The first-order valence-corrected chi connectivity index (χ1v) is 7.70. The predicted molar refractivity (Wildman–Crippen MR) is 79.0 cm³/mol. The fourth-order valence-electron chi connectivity index (χ4n) is 1.70. The highest BCUT2D eigenvalue weighted by Gasteiger charge is 2.13. The molecule has 0 aliphatic rings. The quantitative estimate of drug-likeness (QED) is 0.458. The summed E-state index contributed by atoms with van der Waals surface area (Å²) in [6, 6.07) is 9.51. The number of nitrogens with two attached hydrogens (primary N) is 1. The van der Waals surface area contributed by atoms with E-state index in [1.807, 2.05) is 0 Å². The summed E-state index contributed by atoms with van der Waals surface area (Å²) in [5.41, 5.74) is 3.26. The van der Waals surface area contributed by atoms with Crippen LogP contribution in [0.2, 0.25) is 0 Å². The number of aromatic nitrogens is 1. The highest BCUT2D eigenvalue weighted by atomic mass is 32.2. The second-order valence-corrected chi connectivity index (χ2v) is 6.10. The third kappa shape index (κ3) is 4.15. The Morgan fingerprint density at radius 3 is 2.43 bits per heavy atom. The number of rotatable bonds is 6. The van der Waals surface area contributed by atoms with Gasteiger partial charge in [0.15, 0.2) is 0 Å². The molecule has 1 heterocycles. The van der Waals surface area contributed by atoms with Crippen molar-refractivity contribution in [2.75, 3.05) is 12.0 Å². The summed E-state index contributed by atoms with van der Waals surface area (Å²) in [6.07, 6.45) is 1.76. The average Bonchev–Trinajstić information content (AvgIpc) is 2.49. The van der Waals surface area contributed by atoms with E-state index in [2.05, 4.69) is 15.1 Å². The van der Waals surface area contributed by atoms with Crippen molar-refractivity contribution in [3.8, 4) is 5.75 Å². The zero-order valence-corrected chi connectivity index (χ0v) is 12.0. The van der Waals surface area contributed by atoms with Crippen LogP contribution in [-0.2, 0) is 16.4 Å². The summed E-state index contributed by atoms with van der Waals surface area (Å²) in [7, 11) is -3.59. The number of anilines is 1. The molecule has 0 atom stereocenters. The van der Waals surface area contributed by atoms with Crippen molar-refractivity contribution >= 4 is 15.8 Å². The smallest absolute Gasteiger partial charge is 0.242 e. The van der Waals surface area contributed by atoms with E-state index in [1.54, 1.807) is 24.3 Å². The summed E-state index contributed by atoms with van der Waals surface area (Å²) in [5.74, 6) is 5.74. The van der Waals surface area contributed by atoms with Gasteiger partial charge >= 0.3 is 0 Å². The Morgan fingerprint density at radius 1 is 1.14 bits per heavy atom. The number of benzene rings is 1. The van der Waals surface area contributed by atoms with Gasteiger partial charge in [-0.25, -0.2) is 24.0 Å². The third-order valence-corrected chi connectivity index (χ3v) is 4.28. The van der Waals surface area contributed by atoms with Gasteiger partial charge in [-0.1, -0.05) is 12.1 Å². The molecule has 0 amide bonds. The number of phenols is 1. The Hall–Kier alpha value is -2.16. The highest BCUT2D eigenvalue weighted by Crippen LogP contribution is 2.11. The molecule has 0 spiro atoms. The topological polar surface area (TPSA) is 117 Å². The molecule has 7 nitrogen and oxygen atoms in total. The molecule has 0 fully saturated rings. The van der Waals surface area contributed by atoms with Crippen LogP contribution < -0.4 is 16.0 Å². The van der Waals surface area contributed by atoms with E-state index in [0.29, 0.717) is 12.2 Å². The van der Waals surface area contributed by atoms with Crippen LogP contribution in [0, 0.1) is 0 Å². The number of nitrogen functional groups attached to an aromatic ring is 1. The van der Waals surface area contributed by atoms with Crippen molar-refractivity contribution in [1.29, 1.82) is 0 Å². The number of nitrogens with zero attached hydrogens (tertiary/aromatic N) is 1. The number of nitrogens with one attached hydrogen (secondary N) is 2. The predicted octanol–water partition coefficient (Wildman–Crippen LogP) is 0.594. The van der Waals surface area contributed by atoms with E-state index in [0.717, 1.165) is 5.56 Å². The molecular weight excluding hydrogens is 292 g/mol. The number of sulfonamides is 1. The van der Waals surface area contributed by atoms with Crippen LogP contribution in [0.15, 0.2) is 47.5 Å². The van der Waals surface area contributed by atoms with Gasteiger partial charge in [0.05, 0.1) is 0 Å². The molecule has 8 heteroatoms. The Balaban J connectivity index is 1.95. The van der Waals surface area contributed by atoms with Gasteiger partial charge in [0.2, 0.25) is 10.0 Å². The van der Waals surface area contributed by atoms with Gasteiger partial charge < -0.3 is 10.5 Å². The largest absolute Gasteiger partial charge is 0.508 e. The summed E-state index contributed by atoms with van der Waals surface area (Å²) in [4.78, 5) is 3.93. The van der Waals surface area contributed by atoms with E-state index in [1.165, 1.54) is 18.3 Å². The minimum absolute atomic E-state index is 0.0761. The van der Waals surface area contributed by atoms with Crippen LogP contribution in [0.1, 0.15) is 5.56 Å². The normalized spacial score (nSPS) is 11.3. The standard InChI is InChI=1S/C13H16N4O3S/c14-17-13-6-5-12(9-15-13)21(19,20)16-8-7-10-1-3-11(18)4-2-10/h1-6,9,16,18H,7-8,14H2,(H,15,17). The van der Waals surface area contributed by atoms with Gasteiger partial charge in [0, 0.05) is 12.7 Å². The molecular formula is C13H16N4O3S. The monoisotopic (exact) mass is 308 g/mol. The van der Waals surface area contributed by atoms with E-state index in [-0.39, 0.29) is 17.2 Å². The number of hydrogen-bond donors (Lipinski definition) is 4. The lowest BCUT2D eigenvalue weighted by atomic mass is 10.1. The van der Waals surface area contributed by atoms with Crippen molar-refractivity contribution < 1.29 is 13.5 Å². The molecule has 2 rings (SSSR count). The minimum atomic E-state index is -3.59. The summed E-state index contributed by atoms with van der Waals surface area (Å²) < 4.78 is 26.6. The van der Waals surface area contributed by atoms with Gasteiger partial charge in [0.25, 0.3) is 0 Å². The molecule has 0 radical (unpaired) electrons. The first-order valence-electron chi connectivity index (χ1n) is 6.21. The van der Waals surface area contributed by atoms with E-state index in [9.17, 15) is 13.5 Å². The van der Waals surface area contributed by atoms with Crippen molar-refractivity contribution in [1.82, 2.24) is 9.71 Å². The fraction of sp³-hybridized carbons (Fsp3) is 0.154. The Morgan fingerprint density at radius 2 is 1.86 bits per heavy atom. The SMILES string of the molecule is NNc1ccc(S(=O)(=O)NCCc2ccc(O)cc2)cn1. The van der Waals surface area contributed by atoms with Crippen LogP contribution in [0.25, 0.3) is 0 Å². The maximum atomic E-state index is 12.0. The molecule has 112 valence electrons. The number of pyridine rings is 1. The van der Waals surface area contributed by atoms with Crippen LogP contribution in [0.5, 0.6) is 5.75 Å². The Labute approximate surface area is 122 Å². The van der Waals surface area contributed by atoms with Crippen molar-refractivity contribution in [3.63, 3.8) is 0 Å². The summed E-state index contributed by atoms with van der Waals surface area (Å²) >= 11 is 0. The van der Waals surface area contributed by atoms with E-state index >= 15 is 0 Å². The first-order chi connectivity index (χ1) is 10.0. The lowest BCUT2D eigenvalue weighted by molar-refractivity contribution is 0.475. The molecule has 1 aromatic carbocycles. The van der Waals surface area contributed by atoms with Gasteiger partial charge in [0.1, 0.15) is 16.5 Å². The Bertz CT molecular complexity index is 684. The van der Waals surface area contributed by atoms with E-state index < -0.39 is 10.0 Å². The van der Waals surface area contributed by atoms with Gasteiger partial charge in [-0.05, 0) is 36.2 Å². The van der Waals surface area contributed by atoms with Crippen molar-refractivity contribution in [2.24, 2.45) is 5.84 Å². The van der Waals surface area contributed by atoms with E-state index in [4.69, 9.17) is 5.84 Å². The van der Waals surface area contributed by atoms with Crippen LogP contribution in [0.3, 0.4) is 0 Å². The molecule has 0 aliphatic carbocycles. The second kappa shape index (κ2) is 6.53. The summed E-state index contributed by atoms with van der Waals surface area (Å²) in [6.45, 7) is 0.254. The zero-order valence-electron chi connectivity index (χ0n) is 11.2. The molecule has 5 N–H and O–H groups in total. The lowest BCUT2D eigenvalue weighted by Crippen LogP contribution is -2.26. The minimum Gasteiger partial charge on any atom is -0.508 e. The average molecular weight is 308 g/mol. The van der Waals surface area contributed by atoms with Gasteiger partial charge in [-0.3, -0.25) is 0 Å². The summed E-state index contributed by atoms with van der Waals surface area (Å²) in [5, 5.41) is 9.17. The second-order valence-electron chi connectivity index (χ2n) is 4.34. The molecule has 0 saturated heterocycles. The molecule has 1 aromatic heterocycles. The number of hydrazine groups is 1. The van der Waals surface area contributed by atoms with Gasteiger partial charge in [-0.2, -0.15) is 0 Å². The lowest BCUT2D eigenvalue weighted by Gasteiger charge is -2.07. The molecule has 2 aromatic rings. The molecule has 0 aliphatic heterocycles. The number of phenolic OH excluding ortho intramolecular Hbond substituents is 1. The molecule has 0 bridgehead atoms. The number of aromatic hydroxyl groups is 1. The number of hydrogen-bond acceptors (Lipinski definition) is 6. The van der Waals surface area contributed by atoms with Crippen LogP contribution in [0.4, 0.5) is 5.82 Å². The van der Waals surface area contributed by atoms with Crippen LogP contribution in [-0.4, -0.2) is 25.1 Å². The first kappa shape index (κ1) is 15.2. The van der Waals surface area contributed by atoms with Gasteiger partial charge in [-0.15, -0.1) is 0 Å². The fourth-order valence-corrected chi connectivity index (χ4v) is 2.68. The maximum absolute atomic E-state index is 12.0. The van der Waals surface area contributed by atoms with Crippen molar-refractivity contribution in [3.05, 3.63) is 48.2 Å². The van der Waals surface area contributed by atoms with Crippen molar-refractivity contribution in [2.45, 2.75) is 11.3 Å². The highest BCUT2D eigenvalue weighted by molar-refractivity contribution is 7.89. The Kier molecular flexibility index (Phi) is 4.73. The maximum Gasteiger partial charge on any atom is 0.242 e. The molecule has 0 saturated carbocycles. The molecule has 21 heavy (non-hydrogen) atoms. The molecule has 0 unspecified atom stereocenters. The zero-order chi connectivity index (χ0) is 15.3. The third-order valence-electron chi connectivity index (χ3n) is 2.84. The van der Waals surface area contributed by atoms with Crippen LogP contribution >= 0.6 is 0 Å².